The quantitative estimate of drug-likeness (QED) is 0.475. The van der Waals surface area contributed by atoms with Crippen LogP contribution in [0.15, 0.2) is 22.7 Å². The number of hydrogen-bond acceptors (Lipinski definition) is 3. The highest BCUT2D eigenvalue weighted by atomic mass is 79.9. The molecule has 0 aromatic heterocycles. The summed E-state index contributed by atoms with van der Waals surface area (Å²) in [6, 6.07) is 4.97. The number of non-ortho nitro benzene ring substituents is 1. The van der Waals surface area contributed by atoms with Crippen molar-refractivity contribution in [2.24, 2.45) is 0 Å². The molecule has 1 aromatic carbocycles. The SMILES string of the molecule is O=[N+]([O-])c1cc(Br)cc(CC2CO2)c1. The molecule has 1 aliphatic heterocycles. The van der Waals surface area contributed by atoms with Gasteiger partial charge in [0.25, 0.3) is 5.69 Å². The third-order valence-corrected chi connectivity index (χ3v) is 2.48. The second-order valence-electron chi connectivity index (χ2n) is 3.23. The molecule has 4 nitrogen and oxygen atoms in total. The van der Waals surface area contributed by atoms with Crippen molar-refractivity contribution in [3.8, 4) is 0 Å². The minimum Gasteiger partial charge on any atom is -0.373 e. The minimum atomic E-state index is -0.387. The average Bonchev–Trinajstić information content (AvgIpc) is 2.87. The molecule has 0 radical (unpaired) electrons. The van der Waals surface area contributed by atoms with E-state index >= 15 is 0 Å². The van der Waals surface area contributed by atoms with Gasteiger partial charge in [-0.25, -0.2) is 0 Å². The van der Waals surface area contributed by atoms with E-state index in [0.29, 0.717) is 0 Å². The van der Waals surface area contributed by atoms with Crippen LogP contribution in [0.25, 0.3) is 0 Å². The highest BCUT2D eigenvalue weighted by Crippen LogP contribution is 2.24. The number of nitro groups is 1. The summed E-state index contributed by atoms with van der Waals surface area (Å²) in [6.07, 6.45) is 1.00. The fraction of sp³-hybridized carbons (Fsp3) is 0.333. The van der Waals surface area contributed by atoms with Crippen LogP contribution >= 0.6 is 15.9 Å². The standard InChI is InChI=1S/C9H8BrNO3/c10-7-1-6(3-9-5-14-9)2-8(4-7)11(12)13/h1-2,4,9H,3,5H2. The van der Waals surface area contributed by atoms with Gasteiger partial charge in [0.1, 0.15) is 0 Å². The lowest BCUT2D eigenvalue weighted by Crippen LogP contribution is -1.95. The van der Waals surface area contributed by atoms with Crippen LogP contribution in [-0.4, -0.2) is 17.6 Å². The van der Waals surface area contributed by atoms with Crippen LogP contribution in [0.2, 0.25) is 0 Å². The third-order valence-electron chi connectivity index (χ3n) is 2.02. The number of ether oxygens (including phenoxy) is 1. The largest absolute Gasteiger partial charge is 0.373 e. The van der Waals surface area contributed by atoms with E-state index in [0.717, 1.165) is 23.1 Å². The predicted molar refractivity (Wildman–Crippen MR) is 54.2 cm³/mol. The molecule has 0 N–H and O–H groups in total. The molecule has 1 saturated heterocycles. The summed E-state index contributed by atoms with van der Waals surface area (Å²) >= 11 is 3.25. The maximum absolute atomic E-state index is 10.6. The molecular formula is C9H8BrNO3. The van der Waals surface area contributed by atoms with Crippen LogP contribution in [-0.2, 0) is 11.2 Å². The number of nitrogens with zero attached hydrogens (tertiary/aromatic N) is 1. The molecule has 0 aliphatic carbocycles. The van der Waals surface area contributed by atoms with Gasteiger partial charge in [-0.1, -0.05) is 15.9 Å². The highest BCUT2D eigenvalue weighted by molar-refractivity contribution is 9.10. The molecule has 1 heterocycles. The van der Waals surface area contributed by atoms with E-state index in [1.54, 1.807) is 6.07 Å². The van der Waals surface area contributed by atoms with Gasteiger partial charge in [0.05, 0.1) is 17.6 Å². The maximum Gasteiger partial charge on any atom is 0.270 e. The Morgan fingerprint density at radius 3 is 2.86 bits per heavy atom. The van der Waals surface area contributed by atoms with Gasteiger partial charge in [-0.15, -0.1) is 0 Å². The lowest BCUT2D eigenvalue weighted by molar-refractivity contribution is -0.385. The van der Waals surface area contributed by atoms with Gasteiger partial charge in [0.15, 0.2) is 0 Å². The zero-order valence-electron chi connectivity index (χ0n) is 7.27. The fourth-order valence-electron chi connectivity index (χ4n) is 1.31. The second-order valence-corrected chi connectivity index (χ2v) is 4.15. The monoisotopic (exact) mass is 257 g/mol. The smallest absolute Gasteiger partial charge is 0.270 e. The zero-order valence-corrected chi connectivity index (χ0v) is 8.86. The van der Waals surface area contributed by atoms with Crippen LogP contribution < -0.4 is 0 Å². The van der Waals surface area contributed by atoms with Crippen LogP contribution in [0.1, 0.15) is 5.56 Å². The molecular weight excluding hydrogens is 250 g/mol. The Hall–Kier alpha value is -0.940. The topological polar surface area (TPSA) is 55.7 Å². The van der Waals surface area contributed by atoms with Gasteiger partial charge in [-0.2, -0.15) is 0 Å². The van der Waals surface area contributed by atoms with Crippen molar-refractivity contribution in [1.29, 1.82) is 0 Å². The van der Waals surface area contributed by atoms with E-state index in [9.17, 15) is 10.1 Å². The van der Waals surface area contributed by atoms with Gasteiger partial charge >= 0.3 is 0 Å². The number of halogens is 1. The second kappa shape index (κ2) is 3.67. The summed E-state index contributed by atoms with van der Waals surface area (Å²) in [5, 5.41) is 10.6. The molecule has 1 fully saturated rings. The van der Waals surface area contributed by atoms with Crippen LogP contribution in [0.4, 0.5) is 5.69 Å². The Balaban J connectivity index is 2.25. The lowest BCUT2D eigenvalue weighted by Gasteiger charge is -1.99. The summed E-state index contributed by atoms with van der Waals surface area (Å²) in [5.41, 5.74) is 1.06. The van der Waals surface area contributed by atoms with Gasteiger partial charge < -0.3 is 4.74 Å². The minimum absolute atomic E-state index is 0.120. The number of epoxide rings is 1. The van der Waals surface area contributed by atoms with Gasteiger partial charge in [0.2, 0.25) is 0 Å². The Labute approximate surface area is 89.2 Å². The number of nitro benzene ring substituents is 1. The summed E-state index contributed by atoms with van der Waals surface area (Å²) in [7, 11) is 0. The molecule has 1 atom stereocenters. The summed E-state index contributed by atoms with van der Waals surface area (Å²) < 4.78 is 5.81. The Kier molecular flexibility index (Phi) is 2.52. The van der Waals surface area contributed by atoms with Crippen LogP contribution in [0.5, 0.6) is 0 Å². The van der Waals surface area contributed by atoms with E-state index in [-0.39, 0.29) is 16.7 Å². The van der Waals surface area contributed by atoms with E-state index in [4.69, 9.17) is 4.74 Å². The lowest BCUT2D eigenvalue weighted by atomic mass is 10.1. The molecule has 1 aromatic rings. The van der Waals surface area contributed by atoms with E-state index in [1.165, 1.54) is 6.07 Å². The summed E-state index contributed by atoms with van der Waals surface area (Å²) in [4.78, 5) is 10.2. The molecule has 0 spiro atoms. The van der Waals surface area contributed by atoms with Crippen molar-refractivity contribution in [2.75, 3.05) is 6.61 Å². The van der Waals surface area contributed by atoms with Crippen LogP contribution in [0, 0.1) is 10.1 Å². The Morgan fingerprint density at radius 2 is 2.29 bits per heavy atom. The Bertz CT molecular complexity index is 376. The molecule has 1 aliphatic rings. The first-order valence-electron chi connectivity index (χ1n) is 4.20. The summed E-state index contributed by atoms with van der Waals surface area (Å²) in [5.74, 6) is 0. The van der Waals surface area contributed by atoms with Crippen molar-refractivity contribution in [1.82, 2.24) is 0 Å². The van der Waals surface area contributed by atoms with E-state index in [1.807, 2.05) is 6.07 Å². The number of benzene rings is 1. The van der Waals surface area contributed by atoms with Gasteiger partial charge in [-0.05, 0) is 11.6 Å². The third kappa shape index (κ3) is 2.30. The van der Waals surface area contributed by atoms with Gasteiger partial charge in [-0.3, -0.25) is 10.1 Å². The molecule has 0 bridgehead atoms. The van der Waals surface area contributed by atoms with Crippen molar-refractivity contribution in [2.45, 2.75) is 12.5 Å². The van der Waals surface area contributed by atoms with Crippen molar-refractivity contribution >= 4 is 21.6 Å². The predicted octanol–water partition coefficient (Wildman–Crippen LogP) is 2.30. The van der Waals surface area contributed by atoms with Crippen molar-refractivity contribution in [3.05, 3.63) is 38.3 Å². The number of rotatable bonds is 3. The number of hydrogen-bond donors (Lipinski definition) is 0. The Morgan fingerprint density at radius 1 is 1.57 bits per heavy atom. The van der Waals surface area contributed by atoms with Crippen molar-refractivity contribution < 1.29 is 9.66 Å². The molecule has 0 saturated carbocycles. The molecule has 14 heavy (non-hydrogen) atoms. The zero-order chi connectivity index (χ0) is 10.1. The van der Waals surface area contributed by atoms with Crippen molar-refractivity contribution in [3.63, 3.8) is 0 Å². The van der Waals surface area contributed by atoms with Crippen LogP contribution in [0.3, 0.4) is 0 Å². The van der Waals surface area contributed by atoms with E-state index < -0.39 is 0 Å². The average molecular weight is 258 g/mol. The normalized spacial score (nSPS) is 19.4. The molecule has 74 valence electrons. The first kappa shape index (κ1) is 9.61. The highest BCUT2D eigenvalue weighted by Gasteiger charge is 2.23. The maximum atomic E-state index is 10.6. The van der Waals surface area contributed by atoms with Gasteiger partial charge in [0, 0.05) is 23.0 Å². The molecule has 0 amide bonds. The molecule has 5 heteroatoms. The molecule has 1 unspecified atom stereocenters. The fourth-order valence-corrected chi connectivity index (χ4v) is 1.83. The molecule has 2 rings (SSSR count). The first-order chi connectivity index (χ1) is 6.65. The van der Waals surface area contributed by atoms with E-state index in [2.05, 4.69) is 15.9 Å². The first-order valence-corrected chi connectivity index (χ1v) is 5.00. The summed E-state index contributed by atoms with van der Waals surface area (Å²) in [6.45, 7) is 0.764.